The second-order valence-corrected chi connectivity index (χ2v) is 6.52. The molecule has 0 aromatic carbocycles. The molecule has 3 rings (SSSR count). The topological polar surface area (TPSA) is 59.4 Å². The van der Waals surface area contributed by atoms with Gasteiger partial charge in [-0.15, -0.1) is 0 Å². The van der Waals surface area contributed by atoms with Crippen LogP contribution in [0.4, 0.5) is 0 Å². The van der Waals surface area contributed by atoms with Gasteiger partial charge in [-0.3, -0.25) is 0 Å². The number of nitrogens with zero attached hydrogens (tertiary/aromatic N) is 4. The third kappa shape index (κ3) is 2.63. The number of fused-ring (bicyclic) bond motifs is 1. The lowest BCUT2D eigenvalue weighted by atomic mass is 10.1. The summed E-state index contributed by atoms with van der Waals surface area (Å²) in [7, 11) is 0. The van der Waals surface area contributed by atoms with Crippen LogP contribution in [0.2, 0.25) is 0 Å². The Hall–Kier alpha value is -2.17. The van der Waals surface area contributed by atoms with E-state index in [1.165, 1.54) is 0 Å². The van der Waals surface area contributed by atoms with Crippen molar-refractivity contribution in [2.75, 3.05) is 0 Å². The van der Waals surface area contributed by atoms with Crippen LogP contribution in [0, 0.1) is 12.8 Å². The highest BCUT2D eigenvalue weighted by molar-refractivity contribution is 5.91. The molecule has 0 amide bonds. The molecule has 3 aromatic heterocycles. The maximum atomic E-state index is 4.68. The zero-order chi connectivity index (χ0) is 15.9. The van der Waals surface area contributed by atoms with Crippen molar-refractivity contribution < 1.29 is 0 Å². The normalized spacial score (nSPS) is 12.0. The Morgan fingerprint density at radius 1 is 1.18 bits per heavy atom. The third-order valence-corrected chi connectivity index (χ3v) is 3.82. The zero-order valence-electron chi connectivity index (χ0n) is 13.9. The molecule has 0 fully saturated rings. The largest absolute Gasteiger partial charge is 0.345 e. The van der Waals surface area contributed by atoms with Crippen LogP contribution in [-0.2, 0) is 6.42 Å². The first-order valence-corrected chi connectivity index (χ1v) is 7.84. The Kier molecular flexibility index (Phi) is 3.72. The van der Waals surface area contributed by atoms with Crippen LogP contribution in [0.1, 0.15) is 45.4 Å². The van der Waals surface area contributed by atoms with Gasteiger partial charge in [0.15, 0.2) is 0 Å². The van der Waals surface area contributed by atoms with E-state index in [1.54, 1.807) is 0 Å². The minimum absolute atomic E-state index is 0.403. The van der Waals surface area contributed by atoms with Gasteiger partial charge in [0.1, 0.15) is 17.3 Å². The lowest BCUT2D eigenvalue weighted by Crippen LogP contribution is -2.00. The number of H-pyrrole nitrogens is 1. The minimum Gasteiger partial charge on any atom is -0.345 e. The molecular weight excluding hydrogens is 274 g/mol. The predicted molar refractivity (Wildman–Crippen MR) is 88.8 cm³/mol. The molecule has 0 aliphatic heterocycles. The van der Waals surface area contributed by atoms with E-state index in [1.807, 2.05) is 19.3 Å². The smallest absolute Gasteiger partial charge is 0.141 e. The summed E-state index contributed by atoms with van der Waals surface area (Å²) in [6.45, 7) is 10.7. The molecule has 0 saturated carbocycles. The second kappa shape index (κ2) is 5.55. The van der Waals surface area contributed by atoms with Crippen molar-refractivity contribution in [3.05, 3.63) is 30.2 Å². The molecule has 0 atom stereocenters. The quantitative estimate of drug-likeness (QED) is 0.794. The Bertz CT molecular complexity index is 795. The van der Waals surface area contributed by atoms with Crippen LogP contribution in [0.25, 0.3) is 22.3 Å². The van der Waals surface area contributed by atoms with Crippen molar-refractivity contribution in [1.29, 1.82) is 0 Å². The summed E-state index contributed by atoms with van der Waals surface area (Å²) in [5.41, 5.74) is 2.92. The molecule has 0 aliphatic rings. The number of aromatic nitrogens is 5. The highest BCUT2D eigenvalue weighted by atomic mass is 15.1. The molecule has 0 aliphatic carbocycles. The first-order chi connectivity index (χ1) is 10.5. The van der Waals surface area contributed by atoms with Gasteiger partial charge >= 0.3 is 0 Å². The summed E-state index contributed by atoms with van der Waals surface area (Å²) < 4.78 is 2.18. The van der Waals surface area contributed by atoms with Crippen molar-refractivity contribution in [2.45, 2.75) is 47.1 Å². The van der Waals surface area contributed by atoms with E-state index in [0.29, 0.717) is 12.0 Å². The molecule has 5 nitrogen and oxygen atoms in total. The third-order valence-electron chi connectivity index (χ3n) is 3.82. The maximum Gasteiger partial charge on any atom is 0.141 e. The molecule has 0 bridgehead atoms. The SMILES string of the molecule is Cc1nc(-c2c[nH]c3nc(CC(C)C)ncc23)cn1C(C)C. The fourth-order valence-electron chi connectivity index (χ4n) is 2.76. The van der Waals surface area contributed by atoms with E-state index >= 15 is 0 Å². The average molecular weight is 297 g/mol. The number of hydrogen-bond acceptors (Lipinski definition) is 3. The highest BCUT2D eigenvalue weighted by Gasteiger charge is 2.14. The van der Waals surface area contributed by atoms with Crippen LogP contribution in [0.5, 0.6) is 0 Å². The average Bonchev–Trinajstić information content (AvgIpc) is 3.00. The van der Waals surface area contributed by atoms with Crippen molar-refractivity contribution in [2.24, 2.45) is 5.92 Å². The van der Waals surface area contributed by atoms with Gasteiger partial charge in [-0.25, -0.2) is 15.0 Å². The summed E-state index contributed by atoms with van der Waals surface area (Å²) in [5.74, 6) is 2.47. The number of aryl methyl sites for hydroxylation is 1. The predicted octanol–water partition coefficient (Wildman–Crippen LogP) is 3.91. The van der Waals surface area contributed by atoms with Gasteiger partial charge in [-0.05, 0) is 26.7 Å². The van der Waals surface area contributed by atoms with Gasteiger partial charge in [-0.1, -0.05) is 13.8 Å². The van der Waals surface area contributed by atoms with Gasteiger partial charge in [-0.2, -0.15) is 0 Å². The van der Waals surface area contributed by atoms with Crippen LogP contribution < -0.4 is 0 Å². The Morgan fingerprint density at radius 2 is 1.95 bits per heavy atom. The second-order valence-electron chi connectivity index (χ2n) is 6.52. The van der Waals surface area contributed by atoms with Crippen molar-refractivity contribution >= 4 is 11.0 Å². The molecule has 0 radical (unpaired) electrons. The lowest BCUT2D eigenvalue weighted by molar-refractivity contribution is 0.583. The fourth-order valence-corrected chi connectivity index (χ4v) is 2.76. The van der Waals surface area contributed by atoms with Gasteiger partial charge < -0.3 is 9.55 Å². The number of hydrogen-bond donors (Lipinski definition) is 1. The van der Waals surface area contributed by atoms with E-state index in [-0.39, 0.29) is 0 Å². The Labute approximate surface area is 130 Å². The van der Waals surface area contributed by atoms with E-state index in [2.05, 4.69) is 58.4 Å². The van der Waals surface area contributed by atoms with E-state index in [4.69, 9.17) is 0 Å². The number of imidazole rings is 1. The van der Waals surface area contributed by atoms with Crippen molar-refractivity contribution in [3.8, 4) is 11.3 Å². The van der Waals surface area contributed by atoms with Crippen molar-refractivity contribution in [3.63, 3.8) is 0 Å². The summed E-state index contributed by atoms with van der Waals surface area (Å²) in [6, 6.07) is 0.403. The fraction of sp³-hybridized carbons (Fsp3) is 0.471. The van der Waals surface area contributed by atoms with Gasteiger partial charge in [0.2, 0.25) is 0 Å². The Balaban J connectivity index is 2.03. The van der Waals surface area contributed by atoms with Gasteiger partial charge in [0.25, 0.3) is 0 Å². The number of nitrogens with one attached hydrogen (secondary N) is 1. The molecule has 3 heterocycles. The molecule has 0 unspecified atom stereocenters. The molecule has 5 heteroatoms. The van der Waals surface area contributed by atoms with Gasteiger partial charge in [0.05, 0.1) is 5.69 Å². The minimum atomic E-state index is 0.403. The first-order valence-electron chi connectivity index (χ1n) is 7.84. The monoisotopic (exact) mass is 297 g/mol. The highest BCUT2D eigenvalue weighted by Crippen LogP contribution is 2.27. The summed E-state index contributed by atoms with van der Waals surface area (Å²) in [4.78, 5) is 17.1. The Morgan fingerprint density at radius 3 is 2.59 bits per heavy atom. The zero-order valence-corrected chi connectivity index (χ0v) is 13.9. The lowest BCUT2D eigenvalue weighted by Gasteiger charge is -2.07. The summed E-state index contributed by atoms with van der Waals surface area (Å²) >= 11 is 0. The van der Waals surface area contributed by atoms with Crippen LogP contribution in [0.3, 0.4) is 0 Å². The number of rotatable bonds is 4. The standard InChI is InChI=1S/C17H23N5/c1-10(2)6-16-18-8-14-13(7-19-17(14)21-16)15-9-22(11(3)4)12(5)20-15/h7-11H,6H2,1-5H3,(H,18,19,21). The van der Waals surface area contributed by atoms with E-state index in [0.717, 1.165) is 40.4 Å². The summed E-state index contributed by atoms with van der Waals surface area (Å²) in [6.07, 6.45) is 6.89. The summed E-state index contributed by atoms with van der Waals surface area (Å²) in [5, 5.41) is 1.03. The molecule has 1 N–H and O–H groups in total. The van der Waals surface area contributed by atoms with Crippen LogP contribution in [-0.4, -0.2) is 24.5 Å². The molecule has 3 aromatic rings. The maximum absolute atomic E-state index is 4.68. The van der Waals surface area contributed by atoms with Crippen LogP contribution >= 0.6 is 0 Å². The van der Waals surface area contributed by atoms with E-state index < -0.39 is 0 Å². The molecule has 0 spiro atoms. The van der Waals surface area contributed by atoms with Gasteiger partial charge in [0, 0.05) is 42.0 Å². The molecule has 22 heavy (non-hydrogen) atoms. The molecule has 116 valence electrons. The molecular formula is C17H23N5. The number of aromatic amines is 1. The van der Waals surface area contributed by atoms with Crippen LogP contribution in [0.15, 0.2) is 18.6 Å². The first kappa shape index (κ1) is 14.8. The molecule has 0 saturated heterocycles. The van der Waals surface area contributed by atoms with E-state index in [9.17, 15) is 0 Å². The van der Waals surface area contributed by atoms with Crippen molar-refractivity contribution in [1.82, 2.24) is 24.5 Å².